The summed E-state index contributed by atoms with van der Waals surface area (Å²) >= 11 is 0. The van der Waals surface area contributed by atoms with Crippen LogP contribution in [0, 0.1) is 0 Å². The zero-order valence-corrected chi connectivity index (χ0v) is 30.7. The minimum absolute atomic E-state index is 0.186. The first kappa shape index (κ1) is 30.9. The molecule has 0 saturated heterocycles. The maximum absolute atomic E-state index is 7.27. The van der Waals surface area contributed by atoms with Crippen molar-refractivity contribution in [3.8, 4) is 27.9 Å². The van der Waals surface area contributed by atoms with Crippen LogP contribution >= 0.6 is 0 Å². The smallest absolute Gasteiger partial charge is 0.375 e. The van der Waals surface area contributed by atoms with Gasteiger partial charge in [0, 0.05) is 33.1 Å². The Morgan fingerprint density at radius 1 is 0.600 bits per heavy atom. The number of rotatable bonds is 6. The van der Waals surface area contributed by atoms with Crippen molar-refractivity contribution in [2.45, 2.75) is 32.6 Å². The highest BCUT2D eigenvalue weighted by Gasteiger charge is 2.48. The summed E-state index contributed by atoms with van der Waals surface area (Å²) in [7, 11) is 0. The van der Waals surface area contributed by atoms with Gasteiger partial charge in [0.1, 0.15) is 11.2 Å². The average Bonchev–Trinajstić information content (AvgIpc) is 3.80. The molecule has 0 fully saturated rings. The average molecular weight is 705 g/mol. The van der Waals surface area contributed by atoms with Gasteiger partial charge >= 0.3 is 6.85 Å². The Balaban J connectivity index is 1.26. The maximum Gasteiger partial charge on any atom is 0.375 e. The minimum atomic E-state index is -0.186. The van der Waals surface area contributed by atoms with Crippen LogP contribution in [0.25, 0.3) is 82.3 Å². The van der Waals surface area contributed by atoms with Gasteiger partial charge in [0.05, 0.1) is 16.7 Å². The molecule has 2 aliphatic heterocycles. The molecule has 0 atom stereocenters. The third kappa shape index (κ3) is 4.28. The van der Waals surface area contributed by atoms with Gasteiger partial charge in [-0.2, -0.15) is 0 Å². The van der Waals surface area contributed by atoms with Crippen molar-refractivity contribution in [2.75, 3.05) is 4.81 Å². The molecule has 0 saturated carbocycles. The lowest BCUT2D eigenvalue weighted by atomic mass is 9.46. The number of hydrogen-bond acceptors (Lipinski definition) is 2. The Morgan fingerprint density at radius 2 is 1.36 bits per heavy atom. The van der Waals surface area contributed by atoms with Gasteiger partial charge < -0.3 is 13.8 Å². The fraction of sp³-hybridized carbons (Fsp3) is 0.0980. The van der Waals surface area contributed by atoms with Crippen LogP contribution in [-0.2, 0) is 6.42 Å². The fourth-order valence-corrected chi connectivity index (χ4v) is 9.98. The third-order valence-corrected chi connectivity index (χ3v) is 12.4. The Bertz CT molecular complexity index is 3170. The van der Waals surface area contributed by atoms with Crippen LogP contribution in [0.3, 0.4) is 0 Å². The number of para-hydroxylation sites is 1. The second-order valence-corrected chi connectivity index (χ2v) is 15.4. The molecule has 0 N–H and O–H groups in total. The highest BCUT2D eigenvalue weighted by Crippen LogP contribution is 2.50. The first-order chi connectivity index (χ1) is 27.3. The quantitative estimate of drug-likeness (QED) is 0.127. The molecule has 0 unspecified atom stereocenters. The van der Waals surface area contributed by atoms with Crippen LogP contribution in [0.4, 0.5) is 11.4 Å². The molecule has 0 radical (unpaired) electrons. The van der Waals surface area contributed by atoms with Crippen molar-refractivity contribution >= 4 is 83.7 Å². The number of aryl methyl sites for hydroxylation is 1. The Hall–Kier alpha value is -6.52. The van der Waals surface area contributed by atoms with E-state index < -0.39 is 0 Å². The molecule has 260 valence electrons. The van der Waals surface area contributed by atoms with E-state index in [1.54, 1.807) is 0 Å². The molecule has 0 aliphatic carbocycles. The van der Waals surface area contributed by atoms with Crippen molar-refractivity contribution in [1.29, 1.82) is 0 Å². The zero-order chi connectivity index (χ0) is 36.2. The van der Waals surface area contributed by atoms with Crippen LogP contribution in [0.15, 0.2) is 162 Å². The van der Waals surface area contributed by atoms with Crippen molar-refractivity contribution in [2.24, 2.45) is 0 Å². The van der Waals surface area contributed by atoms with Crippen molar-refractivity contribution in [3.63, 3.8) is 0 Å². The molecule has 55 heavy (non-hydrogen) atoms. The topological polar surface area (TPSA) is 21.3 Å². The monoisotopic (exact) mass is 704 g/mol. The molecular weight excluding hydrogens is 667 g/mol. The lowest BCUT2D eigenvalue weighted by Crippen LogP contribution is -2.60. The van der Waals surface area contributed by atoms with Gasteiger partial charge in [0.15, 0.2) is 0 Å². The van der Waals surface area contributed by atoms with Crippen LogP contribution in [-0.4, -0.2) is 11.4 Å². The van der Waals surface area contributed by atoms with Gasteiger partial charge in [0.25, 0.3) is 0 Å². The molecular formula is C51H37BN2O. The van der Waals surface area contributed by atoms with Crippen LogP contribution in [0.5, 0.6) is 0 Å². The van der Waals surface area contributed by atoms with E-state index in [4.69, 9.17) is 4.42 Å². The summed E-state index contributed by atoms with van der Waals surface area (Å²) in [6.07, 6.45) is 4.81. The van der Waals surface area contributed by atoms with E-state index in [1.165, 1.54) is 107 Å². The number of furan rings is 1. The number of benzene rings is 8. The molecule has 2 aliphatic rings. The SMILES string of the molecule is CCCCCc1ccc(N2B3c4oc5ccc(-c6ccccc6)cc5c4-n4c5ccc6ccccc6c5c5c6ccccc6c(c3c54)-c3ccccc32)cc1. The van der Waals surface area contributed by atoms with Crippen molar-refractivity contribution in [3.05, 3.63) is 163 Å². The van der Waals surface area contributed by atoms with E-state index in [9.17, 15) is 0 Å². The first-order valence-electron chi connectivity index (χ1n) is 19.8. The van der Waals surface area contributed by atoms with Crippen LogP contribution in [0.1, 0.15) is 31.7 Å². The normalized spacial score (nSPS) is 13.0. The standard InChI is InChI=1S/C51H37BN2O/c1-2-3-5-14-32-23-27-36(28-24-32)54-42-22-13-12-21-40(42)45-38-19-10-11-20-39(38)47-46-37-18-9-8-17-34(37)25-29-43(46)53-49-41-31-35(33-15-6-4-7-16-33)26-30-44(41)55-51(49)52(54)48(45)50(47)53/h4,6-13,15-31H,2-3,5,14H2,1H3. The van der Waals surface area contributed by atoms with Crippen LogP contribution < -0.4 is 15.9 Å². The summed E-state index contributed by atoms with van der Waals surface area (Å²) in [6, 6.07) is 58.5. The first-order valence-corrected chi connectivity index (χ1v) is 19.8. The highest BCUT2D eigenvalue weighted by atomic mass is 16.3. The van der Waals surface area contributed by atoms with Gasteiger partial charge in [-0.15, -0.1) is 0 Å². The Labute approximate surface area is 320 Å². The number of unbranched alkanes of at least 4 members (excludes halogenated alkanes) is 2. The van der Waals surface area contributed by atoms with E-state index in [2.05, 4.69) is 174 Å². The molecule has 4 heterocycles. The molecule has 0 bridgehead atoms. The van der Waals surface area contributed by atoms with E-state index in [0.29, 0.717) is 0 Å². The second kappa shape index (κ2) is 11.7. The molecule has 4 heteroatoms. The molecule has 0 spiro atoms. The third-order valence-electron chi connectivity index (χ3n) is 12.4. The van der Waals surface area contributed by atoms with Gasteiger partial charge in [0.2, 0.25) is 0 Å². The molecule has 3 nitrogen and oxygen atoms in total. The molecule has 0 amide bonds. The minimum Gasteiger partial charge on any atom is -0.466 e. The number of anilines is 2. The van der Waals surface area contributed by atoms with Gasteiger partial charge in [-0.05, 0) is 98.5 Å². The van der Waals surface area contributed by atoms with Gasteiger partial charge in [-0.3, -0.25) is 0 Å². The lowest BCUT2D eigenvalue weighted by Gasteiger charge is -2.40. The molecule has 12 rings (SSSR count). The predicted molar refractivity (Wildman–Crippen MR) is 233 cm³/mol. The van der Waals surface area contributed by atoms with E-state index >= 15 is 0 Å². The predicted octanol–water partition coefficient (Wildman–Crippen LogP) is 12.5. The van der Waals surface area contributed by atoms with E-state index in [0.717, 1.165) is 28.7 Å². The molecule has 10 aromatic rings. The summed E-state index contributed by atoms with van der Waals surface area (Å²) in [5.74, 6) is 0. The van der Waals surface area contributed by atoms with E-state index in [1.807, 2.05) is 0 Å². The van der Waals surface area contributed by atoms with Crippen molar-refractivity contribution in [1.82, 2.24) is 4.57 Å². The zero-order valence-electron chi connectivity index (χ0n) is 30.7. The Kier molecular flexibility index (Phi) is 6.60. The van der Waals surface area contributed by atoms with Crippen molar-refractivity contribution < 1.29 is 4.42 Å². The summed E-state index contributed by atoms with van der Waals surface area (Å²) in [5.41, 5.74) is 15.6. The van der Waals surface area contributed by atoms with Gasteiger partial charge in [-0.1, -0.05) is 141 Å². The van der Waals surface area contributed by atoms with E-state index in [-0.39, 0.29) is 6.85 Å². The summed E-state index contributed by atoms with van der Waals surface area (Å²) in [4.78, 5) is 2.57. The number of hydrogen-bond donors (Lipinski definition) is 0. The summed E-state index contributed by atoms with van der Waals surface area (Å²) in [5, 5.41) is 8.85. The Morgan fingerprint density at radius 3 is 2.22 bits per heavy atom. The van der Waals surface area contributed by atoms with Gasteiger partial charge in [-0.25, -0.2) is 0 Å². The number of nitrogens with zero attached hydrogens (tertiary/aromatic N) is 2. The largest absolute Gasteiger partial charge is 0.466 e. The number of fused-ring (bicyclic) bond motifs is 15. The summed E-state index contributed by atoms with van der Waals surface area (Å²) < 4.78 is 9.84. The lowest BCUT2D eigenvalue weighted by molar-refractivity contribution is 0.648. The second-order valence-electron chi connectivity index (χ2n) is 15.4. The molecule has 8 aromatic carbocycles. The number of aromatic nitrogens is 1. The molecule has 2 aromatic heterocycles. The van der Waals surface area contributed by atoms with Crippen LogP contribution in [0.2, 0.25) is 0 Å². The summed E-state index contributed by atoms with van der Waals surface area (Å²) in [6.45, 7) is 2.09. The fourth-order valence-electron chi connectivity index (χ4n) is 9.98. The highest BCUT2D eigenvalue weighted by molar-refractivity contribution is 6.93. The maximum atomic E-state index is 7.27.